The number of likely N-dealkylation sites (tertiary alicyclic amines) is 1. The number of benzene rings is 1. The van der Waals surface area contributed by atoms with E-state index < -0.39 is 11.7 Å². The number of anilines is 1. The average molecular weight is 344 g/mol. The summed E-state index contributed by atoms with van der Waals surface area (Å²) in [4.78, 5) is 25.1. The van der Waals surface area contributed by atoms with E-state index in [9.17, 15) is 18.4 Å². The first-order valence-corrected chi connectivity index (χ1v) is 8.12. The van der Waals surface area contributed by atoms with E-state index in [2.05, 4.69) is 5.32 Å². The molecule has 8 heteroatoms. The monoisotopic (exact) mass is 344 g/mol. The molecule has 0 spiro atoms. The number of hydrogen-bond acceptors (Lipinski definition) is 4. The summed E-state index contributed by atoms with van der Waals surface area (Å²) >= 11 is 0.390. The zero-order valence-corrected chi connectivity index (χ0v) is 13.2. The Kier molecular flexibility index (Phi) is 6.35. The fourth-order valence-corrected chi connectivity index (χ4v) is 3.09. The van der Waals surface area contributed by atoms with E-state index in [-0.39, 0.29) is 18.4 Å². The predicted octanol–water partition coefficient (Wildman–Crippen LogP) is 2.74. The van der Waals surface area contributed by atoms with Gasteiger partial charge in [-0.05, 0) is 38.1 Å². The maximum absolute atomic E-state index is 12.5. The third kappa shape index (κ3) is 5.47. The lowest BCUT2D eigenvalue weighted by molar-refractivity contribution is -0.143. The summed E-state index contributed by atoms with van der Waals surface area (Å²) in [7, 11) is 0. The van der Waals surface area contributed by atoms with E-state index in [1.54, 1.807) is 18.2 Å². The Morgan fingerprint density at radius 3 is 2.57 bits per heavy atom. The predicted molar refractivity (Wildman–Crippen MR) is 83.7 cm³/mol. The van der Waals surface area contributed by atoms with Crippen LogP contribution in [0.25, 0.3) is 0 Å². The normalized spacial score (nSPS) is 16.5. The fraction of sp³-hybridized carbons (Fsp3) is 0.467. The number of halogens is 2. The number of aliphatic carboxylic acids is 1. The lowest BCUT2D eigenvalue weighted by Crippen LogP contribution is -2.40. The molecule has 0 atom stereocenters. The van der Waals surface area contributed by atoms with Crippen molar-refractivity contribution in [1.82, 2.24) is 4.90 Å². The highest BCUT2D eigenvalue weighted by atomic mass is 32.2. The molecule has 0 aromatic heterocycles. The van der Waals surface area contributed by atoms with E-state index in [0.29, 0.717) is 48.3 Å². The first-order chi connectivity index (χ1) is 11.0. The zero-order valence-electron chi connectivity index (χ0n) is 12.4. The smallest absolute Gasteiger partial charge is 0.306 e. The van der Waals surface area contributed by atoms with Gasteiger partial charge in [-0.1, -0.05) is 23.9 Å². The van der Waals surface area contributed by atoms with Crippen molar-refractivity contribution in [1.29, 1.82) is 0 Å². The van der Waals surface area contributed by atoms with Crippen LogP contribution in [-0.4, -0.2) is 47.3 Å². The molecule has 1 heterocycles. The van der Waals surface area contributed by atoms with Gasteiger partial charge in [-0.2, -0.15) is 8.78 Å². The van der Waals surface area contributed by atoms with Gasteiger partial charge in [0.05, 0.1) is 18.2 Å². The number of carbonyl (C=O) groups is 2. The minimum Gasteiger partial charge on any atom is -0.481 e. The van der Waals surface area contributed by atoms with Crippen molar-refractivity contribution in [2.75, 3.05) is 25.0 Å². The van der Waals surface area contributed by atoms with Crippen LogP contribution in [0.1, 0.15) is 12.8 Å². The van der Waals surface area contributed by atoms with Gasteiger partial charge in [0.1, 0.15) is 0 Å². The maximum Gasteiger partial charge on any atom is 0.306 e. The Labute approximate surface area is 137 Å². The summed E-state index contributed by atoms with van der Waals surface area (Å²) in [6.07, 6.45) is 1.03. The molecule has 0 unspecified atom stereocenters. The first kappa shape index (κ1) is 17.7. The summed E-state index contributed by atoms with van der Waals surface area (Å²) in [6.45, 7) is 1.20. The van der Waals surface area contributed by atoms with E-state index in [1.807, 2.05) is 4.90 Å². The quantitative estimate of drug-likeness (QED) is 0.777. The van der Waals surface area contributed by atoms with Crippen LogP contribution in [0.3, 0.4) is 0 Å². The molecule has 1 fully saturated rings. The number of hydrogen-bond donors (Lipinski definition) is 2. The van der Waals surface area contributed by atoms with Crippen LogP contribution in [0.4, 0.5) is 14.5 Å². The second-order valence-corrected chi connectivity index (χ2v) is 6.34. The van der Waals surface area contributed by atoms with Gasteiger partial charge in [-0.25, -0.2) is 0 Å². The van der Waals surface area contributed by atoms with Gasteiger partial charge < -0.3 is 10.4 Å². The molecule has 1 saturated heterocycles. The average Bonchev–Trinajstić information content (AvgIpc) is 2.49. The Hall–Kier alpha value is -1.67. The lowest BCUT2D eigenvalue weighted by atomic mass is 9.97. The first-order valence-electron chi connectivity index (χ1n) is 7.24. The fourth-order valence-electron chi connectivity index (χ4n) is 2.50. The number of piperidine rings is 1. The van der Waals surface area contributed by atoms with Crippen LogP contribution >= 0.6 is 11.8 Å². The van der Waals surface area contributed by atoms with Gasteiger partial charge in [0.25, 0.3) is 5.76 Å². The van der Waals surface area contributed by atoms with Crippen molar-refractivity contribution in [3.63, 3.8) is 0 Å². The minimum atomic E-state index is -2.55. The van der Waals surface area contributed by atoms with Gasteiger partial charge in [-0.15, -0.1) is 0 Å². The second kappa shape index (κ2) is 8.26. The van der Waals surface area contributed by atoms with Gasteiger partial charge in [0.2, 0.25) is 5.91 Å². The molecule has 1 aromatic rings. The van der Waals surface area contributed by atoms with Crippen LogP contribution in [-0.2, 0) is 9.59 Å². The molecule has 1 aliphatic heterocycles. The molecule has 5 nitrogen and oxygen atoms in total. The molecule has 1 amide bonds. The number of rotatable bonds is 6. The van der Waals surface area contributed by atoms with Gasteiger partial charge in [-0.3, -0.25) is 14.5 Å². The Morgan fingerprint density at radius 2 is 1.96 bits per heavy atom. The maximum atomic E-state index is 12.5. The second-order valence-electron chi connectivity index (χ2n) is 5.31. The van der Waals surface area contributed by atoms with E-state index in [1.165, 1.54) is 6.07 Å². The number of para-hydroxylation sites is 1. The molecule has 2 N–H and O–H groups in total. The zero-order chi connectivity index (χ0) is 16.8. The molecule has 0 bridgehead atoms. The summed E-state index contributed by atoms with van der Waals surface area (Å²) in [5, 5.41) is 11.6. The highest BCUT2D eigenvalue weighted by molar-refractivity contribution is 7.99. The van der Waals surface area contributed by atoms with E-state index in [4.69, 9.17) is 5.11 Å². The Bertz CT molecular complexity index is 563. The number of nitrogens with zero attached hydrogens (tertiary/aromatic N) is 1. The van der Waals surface area contributed by atoms with Crippen LogP contribution in [0.15, 0.2) is 29.2 Å². The molecule has 1 aromatic carbocycles. The summed E-state index contributed by atoms with van der Waals surface area (Å²) in [5.74, 6) is -3.99. The van der Waals surface area contributed by atoms with Crippen LogP contribution in [0.2, 0.25) is 0 Å². The lowest BCUT2D eigenvalue weighted by Gasteiger charge is -2.29. The topological polar surface area (TPSA) is 69.6 Å². The molecular weight excluding hydrogens is 326 g/mol. The highest BCUT2D eigenvalue weighted by Gasteiger charge is 2.25. The molecular formula is C15H18F2N2O3S. The van der Waals surface area contributed by atoms with Gasteiger partial charge in [0.15, 0.2) is 0 Å². The number of amides is 1. The van der Waals surface area contributed by atoms with Crippen molar-refractivity contribution >= 4 is 29.3 Å². The number of alkyl halides is 2. The van der Waals surface area contributed by atoms with Crippen molar-refractivity contribution in [3.8, 4) is 0 Å². The molecule has 1 aliphatic rings. The molecule has 0 radical (unpaired) electrons. The van der Waals surface area contributed by atoms with Crippen molar-refractivity contribution in [3.05, 3.63) is 24.3 Å². The third-order valence-corrected chi connectivity index (χ3v) is 4.47. The van der Waals surface area contributed by atoms with Crippen LogP contribution in [0, 0.1) is 5.92 Å². The number of carboxylic acid groups (broad SMARTS) is 1. The van der Waals surface area contributed by atoms with Crippen molar-refractivity contribution < 1.29 is 23.5 Å². The van der Waals surface area contributed by atoms with Crippen LogP contribution in [0.5, 0.6) is 0 Å². The molecule has 23 heavy (non-hydrogen) atoms. The standard InChI is InChI=1S/C15H18F2N2O3S/c16-15(17)23-12-4-2-1-3-11(12)18-13(20)9-19-7-5-10(6-8-19)14(21)22/h1-4,10,15H,5-9H2,(H,18,20)(H,21,22). The SMILES string of the molecule is O=C(CN1CCC(C(=O)O)CC1)Nc1ccccc1SC(F)F. The summed E-state index contributed by atoms with van der Waals surface area (Å²) < 4.78 is 25.0. The number of carbonyl (C=O) groups excluding carboxylic acids is 1. The van der Waals surface area contributed by atoms with E-state index >= 15 is 0 Å². The minimum absolute atomic E-state index is 0.125. The highest BCUT2D eigenvalue weighted by Crippen LogP contribution is 2.31. The number of carboxylic acids is 1. The third-order valence-electron chi connectivity index (χ3n) is 3.68. The number of nitrogens with one attached hydrogen (secondary N) is 1. The molecule has 0 saturated carbocycles. The largest absolute Gasteiger partial charge is 0.481 e. The van der Waals surface area contributed by atoms with Crippen molar-refractivity contribution in [2.24, 2.45) is 5.92 Å². The van der Waals surface area contributed by atoms with Gasteiger partial charge in [0, 0.05) is 4.90 Å². The molecule has 0 aliphatic carbocycles. The number of thioether (sulfide) groups is 1. The van der Waals surface area contributed by atoms with Crippen molar-refractivity contribution in [2.45, 2.75) is 23.5 Å². The van der Waals surface area contributed by atoms with E-state index in [0.717, 1.165) is 0 Å². The molecule has 2 rings (SSSR count). The van der Waals surface area contributed by atoms with Crippen LogP contribution < -0.4 is 5.32 Å². The van der Waals surface area contributed by atoms with Gasteiger partial charge >= 0.3 is 5.97 Å². The molecule has 126 valence electrons. The Balaban J connectivity index is 1.87. The summed E-state index contributed by atoms with van der Waals surface area (Å²) in [6, 6.07) is 6.42. The summed E-state index contributed by atoms with van der Waals surface area (Å²) in [5.41, 5.74) is 0.364. The Morgan fingerprint density at radius 1 is 1.30 bits per heavy atom.